The highest BCUT2D eigenvalue weighted by atomic mass is 35.5. The summed E-state index contributed by atoms with van der Waals surface area (Å²) in [5.41, 5.74) is 3.03. The lowest BCUT2D eigenvalue weighted by atomic mass is 9.89. The number of hydrogen-bond donors (Lipinski definition) is 0. The average molecular weight is 424 g/mol. The zero-order valence-corrected chi connectivity index (χ0v) is 16.7. The van der Waals surface area contributed by atoms with E-state index in [1.54, 1.807) is 18.2 Å². The Balaban J connectivity index is 1.57. The van der Waals surface area contributed by atoms with Crippen LogP contribution >= 0.6 is 23.2 Å². The number of nitrogens with zero attached hydrogens (tertiary/aromatic N) is 1. The Morgan fingerprint density at radius 3 is 2.64 bits per heavy atom. The number of ether oxygens (including phenoxy) is 2. The molecule has 0 saturated carbocycles. The predicted octanol–water partition coefficient (Wildman–Crippen LogP) is 5.66. The molecule has 0 saturated heterocycles. The normalized spacial score (nSPS) is 14.3. The molecule has 3 rings (SSSR count). The molecule has 2 aromatic rings. The molecule has 0 heterocycles. The van der Waals surface area contributed by atoms with Crippen molar-refractivity contribution in [1.82, 2.24) is 0 Å². The van der Waals surface area contributed by atoms with E-state index in [0.717, 1.165) is 41.9 Å². The standard InChI is InChI=1S/C21H20Cl2FNO3/c22-21(23)11-12-27-20-6-2-3-17-18(20)4-1-5-19(17)25-28-14-13-26-16-9-7-15(24)8-10-16/h2-3,6-11H,1,4-5,12-14H2/b25-19+. The van der Waals surface area contributed by atoms with Gasteiger partial charge in [0.15, 0.2) is 6.61 Å². The third kappa shape index (κ3) is 5.88. The molecule has 148 valence electrons. The predicted molar refractivity (Wildman–Crippen MR) is 109 cm³/mol. The van der Waals surface area contributed by atoms with Crippen molar-refractivity contribution in [3.8, 4) is 11.5 Å². The fraction of sp³-hybridized carbons (Fsp3) is 0.286. The van der Waals surface area contributed by atoms with E-state index in [1.165, 1.54) is 12.1 Å². The van der Waals surface area contributed by atoms with Crippen LogP contribution in [0, 0.1) is 5.82 Å². The van der Waals surface area contributed by atoms with E-state index in [1.807, 2.05) is 18.2 Å². The van der Waals surface area contributed by atoms with Gasteiger partial charge in [0, 0.05) is 11.1 Å². The summed E-state index contributed by atoms with van der Waals surface area (Å²) in [5.74, 6) is 1.10. The first-order valence-electron chi connectivity index (χ1n) is 8.97. The van der Waals surface area contributed by atoms with Crippen molar-refractivity contribution >= 4 is 28.9 Å². The van der Waals surface area contributed by atoms with Crippen LogP contribution in [0.1, 0.15) is 24.0 Å². The van der Waals surface area contributed by atoms with E-state index in [0.29, 0.717) is 25.6 Å². The molecule has 0 aliphatic heterocycles. The third-order valence-electron chi connectivity index (χ3n) is 4.19. The van der Waals surface area contributed by atoms with Crippen molar-refractivity contribution < 1.29 is 18.7 Å². The summed E-state index contributed by atoms with van der Waals surface area (Å²) in [5, 5.41) is 4.29. The lowest BCUT2D eigenvalue weighted by Gasteiger charge is -2.20. The molecule has 28 heavy (non-hydrogen) atoms. The Bertz CT molecular complexity index is 849. The Hall–Kier alpha value is -2.24. The number of hydrogen-bond acceptors (Lipinski definition) is 4. The van der Waals surface area contributed by atoms with Gasteiger partial charge >= 0.3 is 0 Å². The van der Waals surface area contributed by atoms with Crippen LogP contribution in [0.5, 0.6) is 11.5 Å². The molecule has 1 aliphatic rings. The van der Waals surface area contributed by atoms with Crippen LogP contribution in [-0.4, -0.2) is 25.5 Å². The maximum Gasteiger partial charge on any atom is 0.151 e. The molecule has 1 aliphatic carbocycles. The number of fused-ring (bicyclic) bond motifs is 1. The number of oxime groups is 1. The summed E-state index contributed by atoms with van der Waals surface area (Å²) in [7, 11) is 0. The van der Waals surface area contributed by atoms with Crippen LogP contribution in [-0.2, 0) is 11.3 Å². The molecule has 0 spiro atoms. The fourth-order valence-electron chi connectivity index (χ4n) is 2.94. The zero-order chi connectivity index (χ0) is 19.8. The Morgan fingerprint density at radius 1 is 1.04 bits per heavy atom. The molecule has 0 fully saturated rings. The van der Waals surface area contributed by atoms with E-state index in [2.05, 4.69) is 5.16 Å². The molecular weight excluding hydrogens is 404 g/mol. The zero-order valence-electron chi connectivity index (χ0n) is 15.2. The number of benzene rings is 2. The van der Waals surface area contributed by atoms with Crippen molar-refractivity contribution in [3.63, 3.8) is 0 Å². The highest BCUT2D eigenvalue weighted by Crippen LogP contribution is 2.30. The molecule has 0 bridgehead atoms. The molecule has 0 N–H and O–H groups in total. The molecule has 7 heteroatoms. The summed E-state index contributed by atoms with van der Waals surface area (Å²) < 4.78 is 24.3. The first-order chi connectivity index (χ1) is 13.6. The summed E-state index contributed by atoms with van der Waals surface area (Å²) in [6, 6.07) is 11.7. The van der Waals surface area contributed by atoms with Crippen molar-refractivity contribution in [2.45, 2.75) is 19.3 Å². The lowest BCUT2D eigenvalue weighted by molar-refractivity contribution is 0.106. The maximum absolute atomic E-state index is 12.9. The molecule has 0 unspecified atom stereocenters. The van der Waals surface area contributed by atoms with E-state index in [4.69, 9.17) is 37.5 Å². The SMILES string of the molecule is Fc1ccc(OCCO/N=C2\CCCc3c(OCC=C(Cl)Cl)cccc32)cc1. The topological polar surface area (TPSA) is 40.0 Å². The quantitative estimate of drug-likeness (QED) is 0.406. The summed E-state index contributed by atoms with van der Waals surface area (Å²) >= 11 is 11.2. The molecule has 0 aromatic heterocycles. The van der Waals surface area contributed by atoms with E-state index in [-0.39, 0.29) is 10.3 Å². The minimum Gasteiger partial charge on any atom is -0.490 e. The highest BCUT2D eigenvalue weighted by Gasteiger charge is 2.19. The van der Waals surface area contributed by atoms with Gasteiger partial charge in [0.2, 0.25) is 0 Å². The van der Waals surface area contributed by atoms with Crippen molar-refractivity contribution in [3.05, 3.63) is 70.0 Å². The van der Waals surface area contributed by atoms with Gasteiger partial charge in [-0.15, -0.1) is 0 Å². The van der Waals surface area contributed by atoms with Gasteiger partial charge in [0.1, 0.15) is 35.0 Å². The average Bonchev–Trinajstić information content (AvgIpc) is 2.69. The largest absolute Gasteiger partial charge is 0.490 e. The summed E-state index contributed by atoms with van der Waals surface area (Å²) in [6.07, 6.45) is 4.32. The second-order valence-electron chi connectivity index (χ2n) is 6.11. The van der Waals surface area contributed by atoms with Crippen LogP contribution in [0.15, 0.2) is 58.2 Å². The van der Waals surface area contributed by atoms with Gasteiger partial charge in [0.05, 0.1) is 5.71 Å². The number of halogens is 3. The van der Waals surface area contributed by atoms with Gasteiger partial charge in [-0.05, 0) is 55.7 Å². The van der Waals surface area contributed by atoms with Crippen molar-refractivity contribution in [2.24, 2.45) is 5.16 Å². The Morgan fingerprint density at radius 2 is 1.86 bits per heavy atom. The van der Waals surface area contributed by atoms with Crippen LogP contribution < -0.4 is 9.47 Å². The monoisotopic (exact) mass is 423 g/mol. The molecule has 0 atom stereocenters. The van der Waals surface area contributed by atoms with Gasteiger partial charge in [0.25, 0.3) is 0 Å². The molecule has 0 radical (unpaired) electrons. The highest BCUT2D eigenvalue weighted by molar-refractivity contribution is 6.55. The molecular formula is C21H20Cl2FNO3. The molecule has 4 nitrogen and oxygen atoms in total. The first-order valence-corrected chi connectivity index (χ1v) is 9.72. The van der Waals surface area contributed by atoms with Crippen LogP contribution in [0.2, 0.25) is 0 Å². The fourth-order valence-corrected chi connectivity index (χ4v) is 3.06. The second kappa shape index (κ2) is 10.3. The minimum absolute atomic E-state index is 0.184. The van der Waals surface area contributed by atoms with E-state index < -0.39 is 0 Å². The first kappa shape index (κ1) is 20.5. The summed E-state index contributed by atoms with van der Waals surface area (Å²) in [4.78, 5) is 5.43. The maximum atomic E-state index is 12.9. The van der Waals surface area contributed by atoms with Crippen molar-refractivity contribution in [2.75, 3.05) is 19.8 Å². The van der Waals surface area contributed by atoms with Crippen molar-refractivity contribution in [1.29, 1.82) is 0 Å². The van der Waals surface area contributed by atoms with Crippen LogP contribution in [0.4, 0.5) is 4.39 Å². The number of rotatable bonds is 8. The van der Waals surface area contributed by atoms with Gasteiger partial charge in [-0.1, -0.05) is 40.5 Å². The molecule has 0 amide bonds. The Labute approximate surface area is 173 Å². The van der Waals surface area contributed by atoms with Gasteiger partial charge in [-0.25, -0.2) is 4.39 Å². The van der Waals surface area contributed by atoms with E-state index >= 15 is 0 Å². The van der Waals surface area contributed by atoms with Gasteiger partial charge in [-0.3, -0.25) is 0 Å². The summed E-state index contributed by atoms with van der Waals surface area (Å²) in [6.45, 7) is 0.928. The Kier molecular flexibility index (Phi) is 7.57. The van der Waals surface area contributed by atoms with Gasteiger partial charge < -0.3 is 14.3 Å². The van der Waals surface area contributed by atoms with E-state index in [9.17, 15) is 4.39 Å². The van der Waals surface area contributed by atoms with Gasteiger partial charge in [-0.2, -0.15) is 0 Å². The van der Waals surface area contributed by atoms with Crippen LogP contribution in [0.3, 0.4) is 0 Å². The smallest absolute Gasteiger partial charge is 0.151 e. The van der Waals surface area contributed by atoms with Crippen LogP contribution in [0.25, 0.3) is 0 Å². The second-order valence-corrected chi connectivity index (χ2v) is 7.12. The third-order valence-corrected chi connectivity index (χ3v) is 4.50. The molecule has 2 aromatic carbocycles. The lowest BCUT2D eigenvalue weighted by Crippen LogP contribution is -2.15. The minimum atomic E-state index is -0.295.